The lowest BCUT2D eigenvalue weighted by atomic mass is 10.3. The molecule has 0 aliphatic carbocycles. The van der Waals surface area contributed by atoms with Crippen molar-refractivity contribution in [1.82, 2.24) is 9.80 Å². The molecular formula is C14H20N2O3. The first-order valence-corrected chi connectivity index (χ1v) is 6.64. The van der Waals surface area contributed by atoms with Crippen LogP contribution in [0.4, 0.5) is 4.79 Å². The molecule has 1 fully saturated rings. The molecule has 1 amide bonds. The van der Waals surface area contributed by atoms with Gasteiger partial charge in [0, 0.05) is 39.3 Å². The van der Waals surface area contributed by atoms with E-state index in [2.05, 4.69) is 4.90 Å². The van der Waals surface area contributed by atoms with Gasteiger partial charge >= 0.3 is 6.09 Å². The van der Waals surface area contributed by atoms with Crippen LogP contribution in [0.25, 0.3) is 0 Å². The van der Waals surface area contributed by atoms with Crippen molar-refractivity contribution in [2.24, 2.45) is 0 Å². The van der Waals surface area contributed by atoms with Gasteiger partial charge in [0.05, 0.1) is 0 Å². The Hall–Kier alpha value is -1.59. The van der Waals surface area contributed by atoms with Crippen LogP contribution in [0.15, 0.2) is 30.3 Å². The second kappa shape index (κ2) is 7.11. The Morgan fingerprint density at radius 3 is 2.47 bits per heavy atom. The van der Waals surface area contributed by atoms with E-state index in [1.54, 1.807) is 17.0 Å². The van der Waals surface area contributed by atoms with E-state index in [9.17, 15) is 4.79 Å². The summed E-state index contributed by atoms with van der Waals surface area (Å²) in [5.41, 5.74) is 0. The Morgan fingerprint density at radius 1 is 1.16 bits per heavy atom. The highest BCUT2D eigenvalue weighted by atomic mass is 16.6. The maximum Gasteiger partial charge on any atom is 0.415 e. The Bertz CT molecular complexity index is 389. The number of aliphatic hydroxyl groups is 1. The first-order valence-electron chi connectivity index (χ1n) is 6.64. The minimum Gasteiger partial charge on any atom is -0.410 e. The number of nitrogens with zero attached hydrogens (tertiary/aromatic N) is 2. The summed E-state index contributed by atoms with van der Waals surface area (Å²) in [4.78, 5) is 15.9. The zero-order chi connectivity index (χ0) is 13.5. The zero-order valence-electron chi connectivity index (χ0n) is 11.0. The SMILES string of the molecule is O=C(Oc1ccccc1)N1CCN(CCCO)CC1. The molecule has 1 aromatic carbocycles. The highest BCUT2D eigenvalue weighted by molar-refractivity contribution is 5.70. The molecule has 1 aromatic rings. The van der Waals surface area contributed by atoms with Gasteiger partial charge < -0.3 is 14.7 Å². The third kappa shape index (κ3) is 4.22. The van der Waals surface area contributed by atoms with Gasteiger partial charge in [0.1, 0.15) is 5.75 Å². The minimum absolute atomic E-state index is 0.219. The number of carbonyl (C=O) groups excluding carboxylic acids is 1. The van der Waals surface area contributed by atoms with Crippen molar-refractivity contribution >= 4 is 6.09 Å². The van der Waals surface area contributed by atoms with Crippen LogP contribution in [0.2, 0.25) is 0 Å². The highest BCUT2D eigenvalue weighted by Gasteiger charge is 2.22. The van der Waals surface area contributed by atoms with Crippen LogP contribution >= 0.6 is 0 Å². The fraction of sp³-hybridized carbons (Fsp3) is 0.500. The van der Waals surface area contributed by atoms with E-state index < -0.39 is 0 Å². The van der Waals surface area contributed by atoms with E-state index in [4.69, 9.17) is 9.84 Å². The Kier molecular flexibility index (Phi) is 5.18. The second-order valence-corrected chi connectivity index (χ2v) is 4.59. The summed E-state index contributed by atoms with van der Waals surface area (Å²) in [6.07, 6.45) is 0.502. The van der Waals surface area contributed by atoms with E-state index >= 15 is 0 Å². The summed E-state index contributed by atoms with van der Waals surface area (Å²) in [6, 6.07) is 9.12. The summed E-state index contributed by atoms with van der Waals surface area (Å²) in [5, 5.41) is 8.79. The van der Waals surface area contributed by atoms with Crippen LogP contribution in [-0.2, 0) is 0 Å². The third-order valence-corrected chi connectivity index (χ3v) is 3.21. The summed E-state index contributed by atoms with van der Waals surface area (Å²) in [7, 11) is 0. The molecule has 0 unspecified atom stereocenters. The standard InChI is InChI=1S/C14H20N2O3/c17-12-4-7-15-8-10-16(11-9-15)14(18)19-13-5-2-1-3-6-13/h1-3,5-6,17H,4,7-12H2. The van der Waals surface area contributed by atoms with Crippen molar-refractivity contribution in [3.8, 4) is 5.75 Å². The van der Waals surface area contributed by atoms with Crippen molar-refractivity contribution in [3.05, 3.63) is 30.3 Å². The number of amides is 1. The molecular weight excluding hydrogens is 244 g/mol. The fourth-order valence-electron chi connectivity index (χ4n) is 2.10. The number of para-hydroxylation sites is 1. The molecule has 0 aromatic heterocycles. The molecule has 104 valence electrons. The molecule has 0 atom stereocenters. The zero-order valence-corrected chi connectivity index (χ0v) is 11.0. The number of piperazine rings is 1. The smallest absolute Gasteiger partial charge is 0.410 e. The summed E-state index contributed by atoms with van der Waals surface area (Å²) in [5.74, 6) is 0.579. The predicted octanol–water partition coefficient (Wildman–Crippen LogP) is 1.19. The molecule has 1 aliphatic rings. The van der Waals surface area contributed by atoms with Crippen molar-refractivity contribution < 1.29 is 14.6 Å². The second-order valence-electron chi connectivity index (χ2n) is 4.59. The maximum atomic E-state index is 11.9. The number of carbonyl (C=O) groups is 1. The topological polar surface area (TPSA) is 53.0 Å². The van der Waals surface area contributed by atoms with Crippen LogP contribution in [0, 0.1) is 0 Å². The summed E-state index contributed by atoms with van der Waals surface area (Å²) < 4.78 is 5.30. The molecule has 1 N–H and O–H groups in total. The van der Waals surface area contributed by atoms with Gasteiger partial charge in [-0.05, 0) is 18.6 Å². The van der Waals surface area contributed by atoms with E-state index in [1.165, 1.54) is 0 Å². The summed E-state index contributed by atoms with van der Waals surface area (Å²) >= 11 is 0. The van der Waals surface area contributed by atoms with Gasteiger partial charge in [-0.3, -0.25) is 4.90 Å². The molecule has 1 heterocycles. The monoisotopic (exact) mass is 264 g/mol. The van der Waals surface area contributed by atoms with Crippen molar-refractivity contribution in [2.45, 2.75) is 6.42 Å². The summed E-state index contributed by atoms with van der Waals surface area (Å²) in [6.45, 7) is 4.14. The van der Waals surface area contributed by atoms with Crippen LogP contribution in [0.1, 0.15) is 6.42 Å². The average molecular weight is 264 g/mol. The first kappa shape index (κ1) is 13.8. The van der Waals surface area contributed by atoms with Crippen LogP contribution in [0.5, 0.6) is 5.75 Å². The van der Waals surface area contributed by atoms with Crippen molar-refractivity contribution in [1.29, 1.82) is 0 Å². The molecule has 2 rings (SSSR count). The van der Waals surface area contributed by atoms with Gasteiger partial charge in [-0.1, -0.05) is 18.2 Å². The Balaban J connectivity index is 1.76. The van der Waals surface area contributed by atoms with E-state index in [1.807, 2.05) is 18.2 Å². The van der Waals surface area contributed by atoms with Gasteiger partial charge in [-0.2, -0.15) is 0 Å². The minimum atomic E-state index is -0.284. The number of benzene rings is 1. The largest absolute Gasteiger partial charge is 0.415 e. The maximum absolute atomic E-state index is 11.9. The van der Waals surface area contributed by atoms with Crippen LogP contribution in [-0.4, -0.2) is 60.3 Å². The lowest BCUT2D eigenvalue weighted by molar-refractivity contribution is 0.107. The quantitative estimate of drug-likeness (QED) is 0.887. The Morgan fingerprint density at radius 2 is 1.84 bits per heavy atom. The van der Waals surface area contributed by atoms with Crippen molar-refractivity contribution in [2.75, 3.05) is 39.3 Å². The van der Waals surface area contributed by atoms with E-state index in [0.717, 1.165) is 26.1 Å². The fourth-order valence-corrected chi connectivity index (χ4v) is 2.10. The van der Waals surface area contributed by atoms with Gasteiger partial charge in [0.15, 0.2) is 0 Å². The highest BCUT2D eigenvalue weighted by Crippen LogP contribution is 2.11. The molecule has 0 spiro atoms. The lowest BCUT2D eigenvalue weighted by Crippen LogP contribution is -2.49. The molecule has 19 heavy (non-hydrogen) atoms. The number of rotatable bonds is 4. The van der Waals surface area contributed by atoms with Gasteiger partial charge in [-0.25, -0.2) is 4.79 Å². The van der Waals surface area contributed by atoms with Gasteiger partial charge in [0.2, 0.25) is 0 Å². The lowest BCUT2D eigenvalue weighted by Gasteiger charge is -2.33. The average Bonchev–Trinajstić information content (AvgIpc) is 2.46. The van der Waals surface area contributed by atoms with Gasteiger partial charge in [0.25, 0.3) is 0 Å². The molecule has 0 bridgehead atoms. The number of ether oxygens (including phenoxy) is 1. The van der Waals surface area contributed by atoms with E-state index in [-0.39, 0.29) is 12.7 Å². The first-order chi connectivity index (χ1) is 9.29. The van der Waals surface area contributed by atoms with Gasteiger partial charge in [-0.15, -0.1) is 0 Å². The predicted molar refractivity (Wildman–Crippen MR) is 72.2 cm³/mol. The van der Waals surface area contributed by atoms with Crippen molar-refractivity contribution in [3.63, 3.8) is 0 Å². The number of hydrogen-bond donors (Lipinski definition) is 1. The molecule has 0 saturated carbocycles. The van der Waals surface area contributed by atoms with Crippen LogP contribution < -0.4 is 4.74 Å². The van der Waals surface area contributed by atoms with Crippen LogP contribution in [0.3, 0.4) is 0 Å². The normalized spacial score (nSPS) is 16.4. The molecule has 1 saturated heterocycles. The molecule has 1 aliphatic heterocycles. The molecule has 5 heteroatoms. The number of hydrogen-bond acceptors (Lipinski definition) is 4. The van der Waals surface area contributed by atoms with E-state index in [0.29, 0.717) is 18.8 Å². The number of aliphatic hydroxyl groups excluding tert-OH is 1. The molecule has 0 radical (unpaired) electrons. The molecule has 5 nitrogen and oxygen atoms in total. The third-order valence-electron chi connectivity index (χ3n) is 3.21. The Labute approximate surface area is 113 Å².